The molecule has 72 heavy (non-hydrogen) atoms. The largest absolute Gasteiger partial charge is 0.462 e. The summed E-state index contributed by atoms with van der Waals surface area (Å²) in [5, 5.41) is 0. The lowest BCUT2D eigenvalue weighted by Crippen LogP contribution is -2.30. The van der Waals surface area contributed by atoms with Crippen molar-refractivity contribution >= 4 is 17.9 Å². The number of ether oxygens (including phenoxy) is 3. The number of carbonyl (C=O) groups is 3. The second-order valence-electron chi connectivity index (χ2n) is 18.1. The predicted octanol–water partition coefficient (Wildman–Crippen LogP) is 19.4. The summed E-state index contributed by atoms with van der Waals surface area (Å²) in [6.45, 7) is 6.26. The van der Waals surface area contributed by atoms with Crippen molar-refractivity contribution in [1.29, 1.82) is 0 Å². The van der Waals surface area contributed by atoms with Gasteiger partial charge in [0.1, 0.15) is 13.2 Å². The Balaban J connectivity index is 4.66. The zero-order chi connectivity index (χ0) is 52.2. The number of hydrogen-bond donors (Lipinski definition) is 0. The van der Waals surface area contributed by atoms with E-state index in [9.17, 15) is 14.4 Å². The fraction of sp³-hybridized carbons (Fsp3) is 0.561. The average molecular weight is 992 g/mol. The zero-order valence-corrected chi connectivity index (χ0v) is 45.9. The lowest BCUT2D eigenvalue weighted by atomic mass is 10.1. The van der Waals surface area contributed by atoms with Gasteiger partial charge in [0.15, 0.2) is 6.10 Å². The topological polar surface area (TPSA) is 78.9 Å². The van der Waals surface area contributed by atoms with Gasteiger partial charge in [-0.1, -0.05) is 237 Å². The van der Waals surface area contributed by atoms with E-state index in [2.05, 4.69) is 154 Å². The first-order valence-corrected chi connectivity index (χ1v) is 28.5. The molecular weight excluding hydrogens is 889 g/mol. The van der Waals surface area contributed by atoms with Gasteiger partial charge in [0.25, 0.3) is 0 Å². The van der Waals surface area contributed by atoms with Gasteiger partial charge in [-0.3, -0.25) is 14.4 Å². The van der Waals surface area contributed by atoms with Gasteiger partial charge in [-0.15, -0.1) is 0 Å². The van der Waals surface area contributed by atoms with Gasteiger partial charge in [0.2, 0.25) is 0 Å². The highest BCUT2D eigenvalue weighted by Gasteiger charge is 2.19. The highest BCUT2D eigenvalue weighted by molar-refractivity contribution is 5.71. The van der Waals surface area contributed by atoms with Crippen molar-refractivity contribution in [3.05, 3.63) is 158 Å². The number of esters is 3. The Morgan fingerprint density at radius 3 is 0.931 bits per heavy atom. The Bertz CT molecular complexity index is 1660. The molecule has 0 saturated carbocycles. The number of unbranched alkanes of at least 4 members (excludes halogenated alkanes) is 12. The first-order valence-electron chi connectivity index (χ1n) is 28.5. The fourth-order valence-corrected chi connectivity index (χ4v) is 7.08. The van der Waals surface area contributed by atoms with E-state index in [1.807, 2.05) is 24.3 Å². The van der Waals surface area contributed by atoms with Crippen LogP contribution in [0, 0.1) is 0 Å². The van der Waals surface area contributed by atoms with Crippen LogP contribution in [-0.2, 0) is 28.6 Å². The molecule has 0 spiro atoms. The molecule has 0 aliphatic rings. The highest BCUT2D eigenvalue weighted by atomic mass is 16.6. The third-order valence-electron chi connectivity index (χ3n) is 11.3. The van der Waals surface area contributed by atoms with Crippen LogP contribution in [0.2, 0.25) is 0 Å². The maximum atomic E-state index is 12.8. The molecule has 0 aliphatic heterocycles. The molecule has 0 rings (SSSR count). The minimum absolute atomic E-state index is 0.143. The van der Waals surface area contributed by atoms with Crippen LogP contribution < -0.4 is 0 Å². The molecule has 0 bridgehead atoms. The molecule has 6 heteroatoms. The van der Waals surface area contributed by atoms with Gasteiger partial charge < -0.3 is 14.2 Å². The Labute approximate surface area is 441 Å². The van der Waals surface area contributed by atoms with E-state index >= 15 is 0 Å². The van der Waals surface area contributed by atoms with Crippen LogP contribution in [-0.4, -0.2) is 37.2 Å². The van der Waals surface area contributed by atoms with Crippen LogP contribution >= 0.6 is 0 Å². The molecule has 0 heterocycles. The van der Waals surface area contributed by atoms with E-state index in [1.54, 1.807) is 0 Å². The van der Waals surface area contributed by atoms with Gasteiger partial charge in [-0.05, 0) is 122 Å². The molecule has 0 amide bonds. The smallest absolute Gasteiger partial charge is 0.306 e. The molecule has 402 valence electrons. The summed E-state index contributed by atoms with van der Waals surface area (Å²) in [5.41, 5.74) is 0. The maximum Gasteiger partial charge on any atom is 0.306 e. The van der Waals surface area contributed by atoms with Gasteiger partial charge >= 0.3 is 17.9 Å². The van der Waals surface area contributed by atoms with Gasteiger partial charge in [0.05, 0.1) is 0 Å². The SMILES string of the molecule is CC/C=C\C/C=C\C/C=C\C/C=C\C/C=C\C/C=C\CCC(=O)OCC(COC(=O)CCCCCCC/C=C\CCCCCCCCC)OC(=O)CC/C=C\C/C=C\C/C=C\C/C=C\C/C=C\C/C=C\CC. The second kappa shape index (κ2) is 58.6. The first kappa shape index (κ1) is 67.0. The first-order chi connectivity index (χ1) is 35.5. The van der Waals surface area contributed by atoms with Crippen molar-refractivity contribution in [2.45, 2.75) is 226 Å². The molecule has 0 radical (unpaired) electrons. The van der Waals surface area contributed by atoms with Crippen molar-refractivity contribution in [3.63, 3.8) is 0 Å². The minimum Gasteiger partial charge on any atom is -0.462 e. The van der Waals surface area contributed by atoms with Crippen LogP contribution in [0.3, 0.4) is 0 Å². The predicted molar refractivity (Wildman–Crippen MR) is 311 cm³/mol. The molecule has 6 nitrogen and oxygen atoms in total. The van der Waals surface area contributed by atoms with Gasteiger partial charge in [-0.25, -0.2) is 0 Å². The zero-order valence-electron chi connectivity index (χ0n) is 45.9. The molecule has 0 fully saturated rings. The molecule has 0 aromatic carbocycles. The van der Waals surface area contributed by atoms with E-state index in [4.69, 9.17) is 14.2 Å². The number of rotatable bonds is 49. The molecule has 0 saturated heterocycles. The van der Waals surface area contributed by atoms with E-state index < -0.39 is 12.1 Å². The molecule has 0 aliphatic carbocycles. The molecule has 1 unspecified atom stereocenters. The standard InChI is InChI=1S/C66H102O6/c1-4-7-10-13-16-19-22-25-28-31-33-35-38-41-44-47-50-53-56-59-65(68)71-62-63(61-70-64(67)58-55-52-49-46-43-40-37-30-27-24-21-18-15-12-9-6-3)72-66(69)60-57-54-51-48-45-42-39-36-34-32-29-26-23-20-17-14-11-8-5-2/h7-8,10-11,16-17,19-20,25-26,28-30,33-37,41-42,44-45,50-51,53-54,63H,4-6,9,12-15,18,21-24,27,31-32,38-40,43,46-49,52,55-62H2,1-3H3/b10-7-,11-8-,19-16-,20-17-,28-25-,29-26-,35-33-,36-34-,37-30-,44-41-,45-42-,53-50-,54-51-. The van der Waals surface area contributed by atoms with Crippen molar-refractivity contribution in [2.75, 3.05) is 13.2 Å². The Morgan fingerprint density at radius 2 is 0.569 bits per heavy atom. The van der Waals surface area contributed by atoms with Crippen molar-refractivity contribution < 1.29 is 28.6 Å². The van der Waals surface area contributed by atoms with E-state index in [-0.39, 0.29) is 38.0 Å². The van der Waals surface area contributed by atoms with Gasteiger partial charge in [0, 0.05) is 19.3 Å². The van der Waals surface area contributed by atoms with Crippen LogP contribution in [0.5, 0.6) is 0 Å². The number of hydrogen-bond acceptors (Lipinski definition) is 6. The summed E-state index contributed by atoms with van der Waals surface area (Å²) in [7, 11) is 0. The van der Waals surface area contributed by atoms with Crippen LogP contribution in [0.15, 0.2) is 158 Å². The third-order valence-corrected chi connectivity index (χ3v) is 11.3. The Kier molecular flexibility index (Phi) is 54.6. The Morgan fingerprint density at radius 1 is 0.292 bits per heavy atom. The summed E-state index contributed by atoms with van der Waals surface area (Å²) in [6, 6.07) is 0. The number of carbonyl (C=O) groups excluding carboxylic acids is 3. The summed E-state index contributed by atoms with van der Waals surface area (Å²) < 4.78 is 16.7. The lowest BCUT2D eigenvalue weighted by Gasteiger charge is -2.18. The summed E-state index contributed by atoms with van der Waals surface area (Å²) in [4.78, 5) is 38.1. The average Bonchev–Trinajstić information content (AvgIpc) is 3.38. The lowest BCUT2D eigenvalue weighted by molar-refractivity contribution is -0.166. The van der Waals surface area contributed by atoms with Crippen LogP contribution in [0.4, 0.5) is 0 Å². The number of allylic oxidation sites excluding steroid dienone is 26. The van der Waals surface area contributed by atoms with Crippen LogP contribution in [0.1, 0.15) is 220 Å². The summed E-state index contributed by atoms with van der Waals surface area (Å²) in [5.74, 6) is -1.13. The van der Waals surface area contributed by atoms with Crippen molar-refractivity contribution in [2.24, 2.45) is 0 Å². The maximum absolute atomic E-state index is 12.8. The highest BCUT2D eigenvalue weighted by Crippen LogP contribution is 2.12. The fourth-order valence-electron chi connectivity index (χ4n) is 7.08. The molecule has 1 atom stereocenters. The summed E-state index contributed by atoms with van der Waals surface area (Å²) in [6.07, 6.45) is 85.4. The summed E-state index contributed by atoms with van der Waals surface area (Å²) >= 11 is 0. The van der Waals surface area contributed by atoms with Crippen LogP contribution in [0.25, 0.3) is 0 Å². The van der Waals surface area contributed by atoms with E-state index in [0.29, 0.717) is 19.3 Å². The van der Waals surface area contributed by atoms with Gasteiger partial charge in [-0.2, -0.15) is 0 Å². The third kappa shape index (κ3) is 56.0. The monoisotopic (exact) mass is 991 g/mol. The molecule has 0 aromatic rings. The van der Waals surface area contributed by atoms with Crippen molar-refractivity contribution in [1.82, 2.24) is 0 Å². The minimum atomic E-state index is -0.861. The van der Waals surface area contributed by atoms with E-state index in [1.165, 1.54) is 57.8 Å². The van der Waals surface area contributed by atoms with E-state index in [0.717, 1.165) is 109 Å². The molecular formula is C66H102O6. The van der Waals surface area contributed by atoms with Crippen molar-refractivity contribution in [3.8, 4) is 0 Å². The Hall–Kier alpha value is -4.97. The molecule has 0 N–H and O–H groups in total. The quantitative estimate of drug-likeness (QED) is 0.0262. The normalized spacial score (nSPS) is 13.3. The second-order valence-corrected chi connectivity index (χ2v) is 18.1. The molecule has 0 aromatic heterocycles.